The van der Waals surface area contributed by atoms with Gasteiger partial charge in [-0.3, -0.25) is 0 Å². The van der Waals surface area contributed by atoms with E-state index in [0.717, 1.165) is 30.8 Å². The maximum atomic E-state index is 5.52. The van der Waals surface area contributed by atoms with Gasteiger partial charge in [-0.25, -0.2) is 4.98 Å². The molecule has 82 valence electrons. The first kappa shape index (κ1) is 10.2. The van der Waals surface area contributed by atoms with Gasteiger partial charge in [0.1, 0.15) is 5.69 Å². The third-order valence-corrected chi connectivity index (χ3v) is 2.56. The van der Waals surface area contributed by atoms with Crippen LogP contribution in [0.5, 0.6) is 5.95 Å². The SMILES string of the molecule is COc1oc(C2=CCCN(C)C2)nc1C. The van der Waals surface area contributed by atoms with E-state index in [4.69, 9.17) is 9.15 Å². The molecule has 2 rings (SSSR count). The Morgan fingerprint density at radius 3 is 2.93 bits per heavy atom. The summed E-state index contributed by atoms with van der Waals surface area (Å²) in [5.74, 6) is 1.20. The van der Waals surface area contributed by atoms with E-state index in [9.17, 15) is 0 Å². The summed E-state index contributed by atoms with van der Waals surface area (Å²) in [7, 11) is 3.69. The lowest BCUT2D eigenvalue weighted by Gasteiger charge is -2.20. The molecule has 1 aromatic heterocycles. The van der Waals surface area contributed by atoms with E-state index in [2.05, 4.69) is 23.0 Å². The molecule has 1 aliphatic heterocycles. The van der Waals surface area contributed by atoms with Crippen LogP contribution in [0.15, 0.2) is 10.5 Å². The average molecular weight is 208 g/mol. The largest absolute Gasteiger partial charge is 0.467 e. The first-order valence-electron chi connectivity index (χ1n) is 5.10. The summed E-state index contributed by atoms with van der Waals surface area (Å²) >= 11 is 0. The molecule has 2 heterocycles. The summed E-state index contributed by atoms with van der Waals surface area (Å²) in [5.41, 5.74) is 1.96. The number of methoxy groups -OCH3 is 1. The first-order chi connectivity index (χ1) is 7.20. The minimum atomic E-state index is 0.513. The molecule has 0 spiro atoms. The van der Waals surface area contributed by atoms with Crippen LogP contribution in [0.3, 0.4) is 0 Å². The zero-order valence-electron chi connectivity index (χ0n) is 9.41. The molecule has 0 bridgehead atoms. The van der Waals surface area contributed by atoms with E-state index in [1.807, 2.05) is 6.92 Å². The number of rotatable bonds is 2. The summed E-state index contributed by atoms with van der Waals surface area (Å²) in [6.07, 6.45) is 3.24. The summed E-state index contributed by atoms with van der Waals surface area (Å²) in [6, 6.07) is 0. The zero-order valence-corrected chi connectivity index (χ0v) is 9.41. The molecule has 0 saturated heterocycles. The normalized spacial score (nSPS) is 17.7. The molecule has 0 amide bonds. The van der Waals surface area contributed by atoms with Gasteiger partial charge in [0.05, 0.1) is 7.11 Å². The van der Waals surface area contributed by atoms with Crippen LogP contribution in [0.2, 0.25) is 0 Å². The molecule has 0 radical (unpaired) electrons. The highest BCUT2D eigenvalue weighted by Crippen LogP contribution is 2.25. The van der Waals surface area contributed by atoms with Crippen molar-refractivity contribution in [1.82, 2.24) is 9.88 Å². The minimum Gasteiger partial charge on any atom is -0.467 e. The second kappa shape index (κ2) is 4.06. The predicted molar refractivity (Wildman–Crippen MR) is 57.9 cm³/mol. The monoisotopic (exact) mass is 208 g/mol. The van der Waals surface area contributed by atoms with E-state index in [-0.39, 0.29) is 0 Å². The summed E-state index contributed by atoms with van der Waals surface area (Å²) in [4.78, 5) is 6.60. The Kier molecular flexibility index (Phi) is 2.77. The Labute approximate surface area is 89.5 Å². The van der Waals surface area contributed by atoms with Crippen molar-refractivity contribution < 1.29 is 9.15 Å². The zero-order chi connectivity index (χ0) is 10.8. The summed E-state index contributed by atoms with van der Waals surface area (Å²) < 4.78 is 10.6. The molecule has 0 saturated carbocycles. The Morgan fingerprint density at radius 1 is 1.53 bits per heavy atom. The molecule has 4 nitrogen and oxygen atoms in total. The lowest BCUT2D eigenvalue weighted by molar-refractivity contribution is 0.296. The van der Waals surface area contributed by atoms with E-state index >= 15 is 0 Å². The van der Waals surface area contributed by atoms with Crippen molar-refractivity contribution in [3.63, 3.8) is 0 Å². The smallest absolute Gasteiger partial charge is 0.308 e. The number of ether oxygens (including phenoxy) is 1. The van der Waals surface area contributed by atoms with Crippen molar-refractivity contribution in [1.29, 1.82) is 0 Å². The fourth-order valence-corrected chi connectivity index (χ4v) is 1.76. The van der Waals surface area contributed by atoms with Gasteiger partial charge in [0.25, 0.3) is 0 Å². The highest BCUT2D eigenvalue weighted by molar-refractivity contribution is 5.61. The van der Waals surface area contributed by atoms with E-state index < -0.39 is 0 Å². The molecule has 1 aliphatic rings. The summed E-state index contributed by atoms with van der Waals surface area (Å²) in [5, 5.41) is 0. The minimum absolute atomic E-state index is 0.513. The molecule has 1 aromatic rings. The van der Waals surface area contributed by atoms with E-state index in [0.29, 0.717) is 11.8 Å². The number of aryl methyl sites for hydroxylation is 1. The topological polar surface area (TPSA) is 38.5 Å². The number of nitrogens with zero attached hydrogens (tertiary/aromatic N) is 2. The Hall–Kier alpha value is -1.29. The fraction of sp³-hybridized carbons (Fsp3) is 0.545. The van der Waals surface area contributed by atoms with Crippen LogP contribution in [0.1, 0.15) is 18.0 Å². The van der Waals surface area contributed by atoms with Crippen LogP contribution in [0.4, 0.5) is 0 Å². The molecule has 0 fully saturated rings. The Bertz CT molecular complexity index is 382. The van der Waals surface area contributed by atoms with Gasteiger partial charge in [-0.05, 0) is 20.4 Å². The van der Waals surface area contributed by atoms with Crippen molar-refractivity contribution in [2.75, 3.05) is 27.2 Å². The highest BCUT2D eigenvalue weighted by Gasteiger charge is 2.17. The van der Waals surface area contributed by atoms with Gasteiger partial charge in [-0.1, -0.05) is 6.08 Å². The second-order valence-electron chi connectivity index (χ2n) is 3.85. The molecular weight excluding hydrogens is 192 g/mol. The number of likely N-dealkylation sites (N-methyl/N-ethyl adjacent to an activating group) is 1. The van der Waals surface area contributed by atoms with Gasteiger partial charge in [0, 0.05) is 18.7 Å². The van der Waals surface area contributed by atoms with Crippen LogP contribution in [0, 0.1) is 6.92 Å². The van der Waals surface area contributed by atoms with Crippen molar-refractivity contribution in [2.45, 2.75) is 13.3 Å². The fourth-order valence-electron chi connectivity index (χ4n) is 1.76. The molecule has 0 atom stereocenters. The molecular formula is C11H16N2O2. The maximum Gasteiger partial charge on any atom is 0.308 e. The third kappa shape index (κ3) is 2.04. The predicted octanol–water partition coefficient (Wildman–Crippen LogP) is 1.71. The quantitative estimate of drug-likeness (QED) is 0.741. The van der Waals surface area contributed by atoms with Gasteiger partial charge < -0.3 is 14.1 Å². The van der Waals surface area contributed by atoms with Crippen molar-refractivity contribution in [2.24, 2.45) is 0 Å². The van der Waals surface area contributed by atoms with Gasteiger partial charge >= 0.3 is 5.95 Å². The standard InChI is InChI=1S/C11H16N2O2/c1-8-11(14-3)15-10(12-8)9-5-4-6-13(2)7-9/h5H,4,6-7H2,1-3H3. The van der Waals surface area contributed by atoms with Gasteiger partial charge in [-0.15, -0.1) is 0 Å². The van der Waals surface area contributed by atoms with Crippen molar-refractivity contribution in [3.05, 3.63) is 17.7 Å². The van der Waals surface area contributed by atoms with Gasteiger partial charge in [0.15, 0.2) is 0 Å². The van der Waals surface area contributed by atoms with Crippen molar-refractivity contribution in [3.8, 4) is 5.95 Å². The maximum absolute atomic E-state index is 5.52. The molecule has 4 heteroatoms. The van der Waals surface area contributed by atoms with Crippen LogP contribution in [0.25, 0.3) is 5.57 Å². The van der Waals surface area contributed by atoms with Gasteiger partial charge in [-0.2, -0.15) is 0 Å². The molecule has 15 heavy (non-hydrogen) atoms. The number of hydrogen-bond donors (Lipinski definition) is 0. The molecule has 0 unspecified atom stereocenters. The van der Waals surface area contributed by atoms with Crippen LogP contribution >= 0.6 is 0 Å². The first-order valence-corrected chi connectivity index (χ1v) is 5.10. The van der Waals surface area contributed by atoms with E-state index in [1.165, 1.54) is 0 Å². The molecule has 0 aliphatic carbocycles. The average Bonchev–Trinajstić information content (AvgIpc) is 2.60. The van der Waals surface area contributed by atoms with Crippen LogP contribution in [-0.2, 0) is 0 Å². The van der Waals surface area contributed by atoms with Gasteiger partial charge in [0.2, 0.25) is 5.89 Å². The number of aromatic nitrogens is 1. The third-order valence-electron chi connectivity index (χ3n) is 2.56. The summed E-state index contributed by atoms with van der Waals surface area (Å²) in [6.45, 7) is 3.88. The van der Waals surface area contributed by atoms with E-state index in [1.54, 1.807) is 7.11 Å². The van der Waals surface area contributed by atoms with Crippen LogP contribution < -0.4 is 4.74 Å². The lowest BCUT2D eigenvalue weighted by atomic mass is 10.1. The Balaban J connectivity index is 2.25. The van der Waals surface area contributed by atoms with Crippen molar-refractivity contribution >= 4 is 5.57 Å². The Morgan fingerprint density at radius 2 is 2.33 bits per heavy atom. The lowest BCUT2D eigenvalue weighted by Crippen LogP contribution is -2.25. The molecule has 0 N–H and O–H groups in total. The number of oxazole rings is 1. The number of hydrogen-bond acceptors (Lipinski definition) is 4. The van der Waals surface area contributed by atoms with Crippen LogP contribution in [-0.4, -0.2) is 37.1 Å². The molecule has 0 aromatic carbocycles. The second-order valence-corrected chi connectivity index (χ2v) is 3.85. The highest BCUT2D eigenvalue weighted by atomic mass is 16.6.